The van der Waals surface area contributed by atoms with Gasteiger partial charge < -0.3 is 5.32 Å². The Bertz CT molecular complexity index is 365. The summed E-state index contributed by atoms with van der Waals surface area (Å²) in [5.41, 5.74) is 0.903. The van der Waals surface area contributed by atoms with Gasteiger partial charge in [-0.2, -0.15) is 0 Å². The normalized spacial score (nSPS) is 11.9. The topological polar surface area (TPSA) is 46.2 Å². The fourth-order valence-electron chi connectivity index (χ4n) is 1.15. The van der Waals surface area contributed by atoms with E-state index in [9.17, 15) is 9.59 Å². The quantitative estimate of drug-likeness (QED) is 0.902. The minimum atomic E-state index is -0.551. The van der Waals surface area contributed by atoms with Gasteiger partial charge in [0.15, 0.2) is 0 Å². The third kappa shape index (κ3) is 4.25. The van der Waals surface area contributed by atoms with E-state index in [1.165, 1.54) is 0 Å². The summed E-state index contributed by atoms with van der Waals surface area (Å²) in [6, 6.07) is 6.93. The number of carbonyl (C=O) groups excluding carboxylic acids is 2. The first-order chi connectivity index (χ1) is 7.11. The predicted molar refractivity (Wildman–Crippen MR) is 61.1 cm³/mol. The Labute approximate surface area is 97.0 Å². The molecule has 1 aromatic carbocycles. The van der Waals surface area contributed by atoms with Crippen molar-refractivity contribution >= 4 is 28.1 Å². The van der Waals surface area contributed by atoms with Crippen molar-refractivity contribution in [2.75, 3.05) is 0 Å². The van der Waals surface area contributed by atoms with Crippen LogP contribution in [0.15, 0.2) is 28.7 Å². The van der Waals surface area contributed by atoms with Crippen LogP contribution in [0.5, 0.6) is 0 Å². The van der Waals surface area contributed by atoms with E-state index in [1.807, 2.05) is 24.3 Å². The molecule has 3 nitrogen and oxygen atoms in total. The first-order valence-corrected chi connectivity index (χ1v) is 5.32. The number of benzene rings is 1. The highest BCUT2D eigenvalue weighted by atomic mass is 79.9. The van der Waals surface area contributed by atoms with Crippen LogP contribution in [0.25, 0.3) is 0 Å². The first-order valence-electron chi connectivity index (χ1n) is 4.53. The summed E-state index contributed by atoms with van der Waals surface area (Å²) in [7, 11) is 0. The Balaban J connectivity index is 2.55. The largest absolute Gasteiger partial charge is 0.346 e. The number of nitrogens with one attached hydrogen (secondary N) is 1. The first kappa shape index (κ1) is 11.9. The van der Waals surface area contributed by atoms with Crippen LogP contribution in [0.4, 0.5) is 0 Å². The van der Waals surface area contributed by atoms with Gasteiger partial charge in [0, 0.05) is 4.47 Å². The lowest BCUT2D eigenvalue weighted by Gasteiger charge is -2.06. The number of hydrogen-bond acceptors (Lipinski definition) is 2. The smallest absolute Gasteiger partial charge is 0.225 e. The van der Waals surface area contributed by atoms with Gasteiger partial charge in [0.1, 0.15) is 0 Å². The molecule has 0 bridgehead atoms. The molecule has 15 heavy (non-hydrogen) atoms. The third-order valence-electron chi connectivity index (χ3n) is 1.81. The molecule has 0 aliphatic heterocycles. The van der Waals surface area contributed by atoms with E-state index in [-0.39, 0.29) is 12.3 Å². The van der Waals surface area contributed by atoms with Gasteiger partial charge in [-0.3, -0.25) is 9.59 Å². The Kier molecular flexibility index (Phi) is 4.49. The molecule has 0 fully saturated rings. The van der Waals surface area contributed by atoms with Gasteiger partial charge >= 0.3 is 0 Å². The lowest BCUT2D eigenvalue weighted by atomic mass is 10.1. The van der Waals surface area contributed by atoms with Crippen LogP contribution >= 0.6 is 15.9 Å². The molecule has 1 N–H and O–H groups in total. The summed E-state index contributed by atoms with van der Waals surface area (Å²) in [5, 5.41) is 2.52. The molecule has 1 amide bonds. The van der Waals surface area contributed by atoms with E-state index >= 15 is 0 Å². The van der Waals surface area contributed by atoms with Crippen LogP contribution in [0.2, 0.25) is 0 Å². The van der Waals surface area contributed by atoms with E-state index in [0.29, 0.717) is 0 Å². The van der Waals surface area contributed by atoms with E-state index < -0.39 is 6.04 Å². The molecule has 0 aliphatic carbocycles. The maximum atomic E-state index is 11.4. The molecular formula is C11H11BrNO2. The standard InChI is InChI=1S/C11H11BrNO2/c1-8(7-14)13-11(15)6-9-3-2-4-10(12)5-9/h2-5,8H,6H2,1H3,(H,13,15)/t8-/m0/s1. The molecule has 0 heterocycles. The monoisotopic (exact) mass is 268 g/mol. The van der Waals surface area contributed by atoms with Crippen molar-refractivity contribution in [3.05, 3.63) is 34.3 Å². The maximum Gasteiger partial charge on any atom is 0.225 e. The summed E-state index contributed by atoms with van der Waals surface area (Å²) in [5.74, 6) is -0.177. The molecule has 0 saturated carbocycles. The van der Waals surface area contributed by atoms with Crippen molar-refractivity contribution in [1.29, 1.82) is 0 Å². The second-order valence-electron chi connectivity index (χ2n) is 3.21. The SMILES string of the molecule is C[C@@H]([C]=O)NC(=O)Cc1cccc(Br)c1. The van der Waals surface area contributed by atoms with Gasteiger partial charge in [-0.1, -0.05) is 28.1 Å². The zero-order valence-electron chi connectivity index (χ0n) is 8.29. The number of halogens is 1. The lowest BCUT2D eigenvalue weighted by Crippen LogP contribution is -2.34. The highest BCUT2D eigenvalue weighted by Gasteiger charge is 2.07. The van der Waals surface area contributed by atoms with E-state index in [0.717, 1.165) is 10.0 Å². The molecule has 79 valence electrons. The van der Waals surface area contributed by atoms with Gasteiger partial charge in [-0.25, -0.2) is 0 Å². The number of amides is 1. The summed E-state index contributed by atoms with van der Waals surface area (Å²) in [6.45, 7) is 1.59. The molecule has 0 saturated heterocycles. The summed E-state index contributed by atoms with van der Waals surface area (Å²) in [4.78, 5) is 21.6. The van der Waals surface area contributed by atoms with E-state index in [4.69, 9.17) is 0 Å². The molecule has 0 spiro atoms. The zero-order valence-corrected chi connectivity index (χ0v) is 9.87. The van der Waals surface area contributed by atoms with Gasteiger partial charge in [-0.05, 0) is 24.6 Å². The van der Waals surface area contributed by atoms with Crippen molar-refractivity contribution < 1.29 is 9.59 Å². The third-order valence-corrected chi connectivity index (χ3v) is 2.30. The van der Waals surface area contributed by atoms with Crippen LogP contribution in [-0.2, 0) is 16.0 Å². The van der Waals surface area contributed by atoms with E-state index in [2.05, 4.69) is 21.2 Å². The van der Waals surface area contributed by atoms with Crippen LogP contribution in [0.1, 0.15) is 12.5 Å². The average molecular weight is 269 g/mol. The van der Waals surface area contributed by atoms with Crippen molar-refractivity contribution in [2.45, 2.75) is 19.4 Å². The van der Waals surface area contributed by atoms with Crippen LogP contribution in [0, 0.1) is 0 Å². The average Bonchev–Trinajstić information content (AvgIpc) is 2.17. The van der Waals surface area contributed by atoms with Crippen molar-refractivity contribution in [1.82, 2.24) is 5.32 Å². The zero-order chi connectivity index (χ0) is 11.3. The molecular weight excluding hydrogens is 258 g/mol. The predicted octanol–water partition coefficient (Wildman–Crippen LogP) is 1.61. The fraction of sp³-hybridized carbons (Fsp3) is 0.273. The fourth-order valence-corrected chi connectivity index (χ4v) is 1.60. The molecule has 1 aromatic rings. The molecule has 0 unspecified atom stereocenters. The van der Waals surface area contributed by atoms with Gasteiger partial charge in [-0.15, -0.1) is 0 Å². The van der Waals surface area contributed by atoms with Crippen molar-refractivity contribution in [2.24, 2.45) is 0 Å². The van der Waals surface area contributed by atoms with E-state index in [1.54, 1.807) is 13.2 Å². The maximum absolute atomic E-state index is 11.4. The number of rotatable bonds is 4. The van der Waals surface area contributed by atoms with Crippen LogP contribution < -0.4 is 5.32 Å². The molecule has 1 atom stereocenters. The Morgan fingerprint density at radius 2 is 2.33 bits per heavy atom. The Hall–Kier alpha value is -1.16. The molecule has 1 radical (unpaired) electrons. The lowest BCUT2D eigenvalue weighted by molar-refractivity contribution is -0.120. The van der Waals surface area contributed by atoms with Gasteiger partial charge in [0.05, 0.1) is 12.5 Å². The highest BCUT2D eigenvalue weighted by molar-refractivity contribution is 9.10. The van der Waals surface area contributed by atoms with Gasteiger partial charge in [0.2, 0.25) is 12.2 Å². The highest BCUT2D eigenvalue weighted by Crippen LogP contribution is 2.11. The molecule has 1 rings (SSSR count). The summed E-state index contributed by atoms with van der Waals surface area (Å²) < 4.78 is 0.933. The van der Waals surface area contributed by atoms with Crippen LogP contribution in [-0.4, -0.2) is 18.2 Å². The van der Waals surface area contributed by atoms with Crippen LogP contribution in [0.3, 0.4) is 0 Å². The minimum Gasteiger partial charge on any atom is -0.346 e. The van der Waals surface area contributed by atoms with Gasteiger partial charge in [0.25, 0.3) is 0 Å². The summed E-state index contributed by atoms with van der Waals surface area (Å²) in [6.07, 6.45) is 1.97. The Morgan fingerprint density at radius 3 is 2.93 bits per heavy atom. The van der Waals surface area contributed by atoms with Crippen molar-refractivity contribution in [3.63, 3.8) is 0 Å². The summed E-state index contributed by atoms with van der Waals surface area (Å²) >= 11 is 3.32. The Morgan fingerprint density at radius 1 is 1.60 bits per heavy atom. The second kappa shape index (κ2) is 5.66. The molecule has 4 heteroatoms. The number of hydrogen-bond donors (Lipinski definition) is 1. The second-order valence-corrected chi connectivity index (χ2v) is 4.13. The minimum absolute atomic E-state index is 0.177. The molecule has 0 aliphatic rings. The molecule has 0 aromatic heterocycles. The van der Waals surface area contributed by atoms with Crippen molar-refractivity contribution in [3.8, 4) is 0 Å². The number of carbonyl (C=O) groups is 1.